The molecule has 0 bridgehead atoms. The van der Waals surface area contributed by atoms with Crippen molar-refractivity contribution < 1.29 is 5.11 Å². The smallest absolute Gasteiger partial charge is 0.177 e. The molecular formula is C14H16BrCl3N2OS. The van der Waals surface area contributed by atoms with Crippen LogP contribution in [-0.2, 0) is 5.72 Å². The lowest BCUT2D eigenvalue weighted by atomic mass is 10.0. The van der Waals surface area contributed by atoms with Gasteiger partial charge in [0.2, 0.25) is 0 Å². The van der Waals surface area contributed by atoms with Crippen LogP contribution in [0.5, 0.6) is 0 Å². The molecule has 2 aliphatic heterocycles. The molecule has 0 spiro atoms. The lowest BCUT2D eigenvalue weighted by Crippen LogP contribution is -2.46. The minimum atomic E-state index is -1.17. The summed E-state index contributed by atoms with van der Waals surface area (Å²) < 4.78 is 0. The van der Waals surface area contributed by atoms with Crippen LogP contribution in [-0.4, -0.2) is 34.0 Å². The number of rotatable bonds is 1. The summed E-state index contributed by atoms with van der Waals surface area (Å²) in [6.07, 6.45) is 3.24. The molecule has 22 heavy (non-hydrogen) atoms. The molecule has 8 heteroatoms. The molecule has 0 amide bonds. The fraction of sp³-hybridized carbons (Fsp3) is 0.500. The van der Waals surface area contributed by atoms with Crippen LogP contribution in [0.1, 0.15) is 24.8 Å². The van der Waals surface area contributed by atoms with E-state index in [1.807, 2.05) is 4.90 Å². The van der Waals surface area contributed by atoms with Gasteiger partial charge in [0.1, 0.15) is 0 Å². The van der Waals surface area contributed by atoms with E-state index in [0.29, 0.717) is 21.4 Å². The maximum Gasteiger partial charge on any atom is 0.177 e. The number of fused-ring (bicyclic) bond motifs is 1. The number of hydrogen-bond donors (Lipinski definition) is 1. The van der Waals surface area contributed by atoms with E-state index in [1.54, 1.807) is 23.9 Å². The highest BCUT2D eigenvalue weighted by Gasteiger charge is 2.46. The Morgan fingerprint density at radius 3 is 2.68 bits per heavy atom. The highest BCUT2D eigenvalue weighted by molar-refractivity contribution is 8.93. The second-order valence-corrected chi connectivity index (χ2v) is 7.31. The number of thioether (sulfide) groups is 1. The molecule has 0 saturated carbocycles. The average Bonchev–Trinajstić information content (AvgIpc) is 2.72. The second-order valence-electron chi connectivity index (χ2n) is 5.20. The fourth-order valence-electron chi connectivity index (χ4n) is 2.68. The van der Waals surface area contributed by atoms with E-state index in [9.17, 15) is 5.11 Å². The topological polar surface area (TPSA) is 35.8 Å². The Balaban J connectivity index is 0.00000176. The third-order valence-electron chi connectivity index (χ3n) is 3.83. The summed E-state index contributed by atoms with van der Waals surface area (Å²) in [6.45, 7) is 1.57. The lowest BCUT2D eigenvalue weighted by molar-refractivity contribution is -0.0487. The van der Waals surface area contributed by atoms with Crippen molar-refractivity contribution in [3.8, 4) is 0 Å². The van der Waals surface area contributed by atoms with E-state index in [4.69, 9.17) is 34.8 Å². The molecular weight excluding hydrogens is 430 g/mol. The minimum Gasteiger partial charge on any atom is -0.366 e. The Morgan fingerprint density at radius 2 is 1.91 bits per heavy atom. The molecule has 2 heterocycles. The first kappa shape index (κ1) is 18.7. The van der Waals surface area contributed by atoms with Gasteiger partial charge in [-0.2, -0.15) is 0 Å². The molecule has 1 fully saturated rings. The van der Waals surface area contributed by atoms with E-state index in [1.165, 1.54) is 0 Å². The summed E-state index contributed by atoms with van der Waals surface area (Å²) in [4.78, 5) is 6.53. The summed E-state index contributed by atoms with van der Waals surface area (Å²) >= 11 is 20.0. The van der Waals surface area contributed by atoms with Crippen molar-refractivity contribution >= 4 is 68.7 Å². The molecule has 0 aromatic heterocycles. The van der Waals surface area contributed by atoms with Crippen LogP contribution in [0.4, 0.5) is 0 Å². The molecule has 122 valence electrons. The van der Waals surface area contributed by atoms with Gasteiger partial charge in [0.05, 0.1) is 20.8 Å². The normalized spacial score (nSPS) is 24.9. The fourth-order valence-corrected chi connectivity index (χ4v) is 4.59. The van der Waals surface area contributed by atoms with E-state index in [-0.39, 0.29) is 22.0 Å². The van der Waals surface area contributed by atoms with Gasteiger partial charge < -0.3 is 10.0 Å². The van der Waals surface area contributed by atoms with Gasteiger partial charge in [-0.05, 0) is 25.3 Å². The zero-order valence-corrected chi connectivity index (χ0v) is 16.5. The lowest BCUT2D eigenvalue weighted by Gasteiger charge is -2.36. The molecule has 3 rings (SSSR count). The Morgan fingerprint density at radius 1 is 1.14 bits per heavy atom. The van der Waals surface area contributed by atoms with Crippen LogP contribution in [0.2, 0.25) is 15.1 Å². The van der Waals surface area contributed by atoms with Crippen LogP contribution in [0.25, 0.3) is 0 Å². The SMILES string of the molecule is Br.OC1(c2ccc(Cl)c(Cl)c2Cl)CSC2=NCCCCCN21. The number of aliphatic hydroxyl groups is 1. The summed E-state index contributed by atoms with van der Waals surface area (Å²) in [6, 6.07) is 3.42. The molecule has 1 aromatic carbocycles. The van der Waals surface area contributed by atoms with Gasteiger partial charge in [-0.3, -0.25) is 4.99 Å². The largest absolute Gasteiger partial charge is 0.366 e. The quantitative estimate of drug-likeness (QED) is 0.620. The van der Waals surface area contributed by atoms with E-state index in [0.717, 1.165) is 37.5 Å². The van der Waals surface area contributed by atoms with Gasteiger partial charge >= 0.3 is 0 Å². The number of benzene rings is 1. The summed E-state index contributed by atoms with van der Waals surface area (Å²) in [7, 11) is 0. The van der Waals surface area contributed by atoms with E-state index >= 15 is 0 Å². The van der Waals surface area contributed by atoms with Crippen molar-refractivity contribution in [3.63, 3.8) is 0 Å². The zero-order chi connectivity index (χ0) is 15.0. The van der Waals surface area contributed by atoms with Gasteiger partial charge in [0.25, 0.3) is 0 Å². The summed E-state index contributed by atoms with van der Waals surface area (Å²) in [5.74, 6) is 0.490. The highest BCUT2D eigenvalue weighted by atomic mass is 79.9. The van der Waals surface area contributed by atoms with Crippen LogP contribution in [0.3, 0.4) is 0 Å². The Bertz CT molecular complexity index is 602. The van der Waals surface area contributed by atoms with Crippen LogP contribution < -0.4 is 0 Å². The highest BCUT2D eigenvalue weighted by Crippen LogP contribution is 2.45. The number of amidine groups is 1. The number of aliphatic imine (C=N–C) groups is 1. The van der Waals surface area contributed by atoms with Crippen molar-refractivity contribution in [1.82, 2.24) is 4.90 Å². The molecule has 1 aromatic rings. The van der Waals surface area contributed by atoms with Gasteiger partial charge in [-0.25, -0.2) is 0 Å². The average molecular weight is 447 g/mol. The third-order valence-corrected chi connectivity index (χ3v) is 6.28. The summed E-state index contributed by atoms with van der Waals surface area (Å²) in [5, 5.41) is 13.1. The van der Waals surface area contributed by atoms with E-state index < -0.39 is 5.72 Å². The number of hydrogen-bond acceptors (Lipinski definition) is 4. The number of halogens is 4. The van der Waals surface area contributed by atoms with Crippen LogP contribution in [0.15, 0.2) is 17.1 Å². The molecule has 1 N–H and O–H groups in total. The molecule has 1 saturated heterocycles. The molecule has 0 radical (unpaired) electrons. The van der Waals surface area contributed by atoms with Crippen LogP contribution in [0, 0.1) is 0 Å². The van der Waals surface area contributed by atoms with Gasteiger partial charge in [-0.1, -0.05) is 52.6 Å². The minimum absolute atomic E-state index is 0. The predicted octanol–water partition coefficient (Wildman–Crippen LogP) is 4.96. The first-order valence-corrected chi connectivity index (χ1v) is 8.97. The Kier molecular flexibility index (Phi) is 6.36. The van der Waals surface area contributed by atoms with Crippen molar-refractivity contribution in [2.24, 2.45) is 4.99 Å². The first-order valence-electron chi connectivity index (χ1n) is 6.85. The Labute approximate surface area is 159 Å². The molecule has 0 aliphatic carbocycles. The van der Waals surface area contributed by atoms with Gasteiger partial charge in [-0.15, -0.1) is 17.0 Å². The molecule has 1 unspecified atom stereocenters. The van der Waals surface area contributed by atoms with Crippen molar-refractivity contribution in [2.45, 2.75) is 25.0 Å². The maximum absolute atomic E-state index is 11.2. The van der Waals surface area contributed by atoms with E-state index in [2.05, 4.69) is 4.99 Å². The monoisotopic (exact) mass is 444 g/mol. The maximum atomic E-state index is 11.2. The van der Waals surface area contributed by atoms with Crippen molar-refractivity contribution in [2.75, 3.05) is 18.8 Å². The molecule has 2 aliphatic rings. The number of nitrogens with zero attached hydrogens (tertiary/aromatic N) is 2. The Hall–Kier alpha value is 0.350. The summed E-state index contributed by atoms with van der Waals surface area (Å²) in [5.41, 5.74) is -0.580. The standard InChI is InChI=1S/C14H15Cl3N2OS.BrH/c15-10-5-4-9(11(16)12(10)17)14(20)8-21-13-18-6-2-1-3-7-19(13)14;/h4-5,20H,1-3,6-8H2;1H. The van der Waals surface area contributed by atoms with Gasteiger partial charge in [0, 0.05) is 18.7 Å². The molecule has 3 nitrogen and oxygen atoms in total. The second kappa shape index (κ2) is 7.49. The predicted molar refractivity (Wildman–Crippen MR) is 101 cm³/mol. The van der Waals surface area contributed by atoms with Crippen LogP contribution >= 0.6 is 63.5 Å². The van der Waals surface area contributed by atoms with Crippen molar-refractivity contribution in [1.29, 1.82) is 0 Å². The van der Waals surface area contributed by atoms with Gasteiger partial charge in [0.15, 0.2) is 10.9 Å². The molecule has 1 atom stereocenters. The first-order chi connectivity index (χ1) is 10.0. The zero-order valence-electron chi connectivity index (χ0n) is 11.7. The third kappa shape index (κ3) is 3.26. The van der Waals surface area contributed by atoms with Crippen molar-refractivity contribution in [3.05, 3.63) is 32.8 Å².